The number of rotatable bonds is 5. The lowest BCUT2D eigenvalue weighted by atomic mass is 9.92. The lowest BCUT2D eigenvalue weighted by molar-refractivity contribution is -0.116. The molecule has 0 saturated carbocycles. The average molecular weight is 441 g/mol. The van der Waals surface area contributed by atoms with Crippen molar-refractivity contribution in [3.05, 3.63) is 83.4 Å². The average Bonchev–Trinajstić information content (AvgIpc) is 3.34. The summed E-state index contributed by atoms with van der Waals surface area (Å²) in [7, 11) is 0. The minimum atomic E-state index is 0.0831. The Morgan fingerprint density at radius 1 is 0.848 bits per heavy atom. The fraction of sp³-hybridized carbons (Fsp3) is 0.345. The largest absolute Gasteiger partial charge is 0.492 e. The van der Waals surface area contributed by atoms with Gasteiger partial charge in [0.2, 0.25) is 5.91 Å². The van der Waals surface area contributed by atoms with Gasteiger partial charge in [0.05, 0.1) is 6.54 Å². The number of anilines is 1. The second kappa shape index (κ2) is 9.80. The number of ether oxygens (including phenoxy) is 1. The molecule has 1 fully saturated rings. The van der Waals surface area contributed by atoms with Crippen LogP contribution >= 0.6 is 0 Å². The first-order valence-electron chi connectivity index (χ1n) is 12.1. The number of carbonyl (C=O) groups is 1. The van der Waals surface area contributed by atoms with E-state index in [-0.39, 0.29) is 5.91 Å². The Hall–Kier alpha value is -3.11. The van der Waals surface area contributed by atoms with Gasteiger partial charge in [-0.2, -0.15) is 0 Å². The first-order valence-corrected chi connectivity index (χ1v) is 12.1. The molecule has 3 aromatic carbocycles. The summed E-state index contributed by atoms with van der Waals surface area (Å²) in [5.41, 5.74) is 7.22. The second-order valence-corrected chi connectivity index (χ2v) is 9.14. The van der Waals surface area contributed by atoms with Gasteiger partial charge in [-0.3, -0.25) is 9.69 Å². The van der Waals surface area contributed by atoms with Crippen molar-refractivity contribution >= 4 is 11.6 Å². The lowest BCUT2D eigenvalue weighted by Crippen LogP contribution is -2.30. The van der Waals surface area contributed by atoms with Gasteiger partial charge in [-0.05, 0) is 84.8 Å². The quantitative estimate of drug-likeness (QED) is 0.527. The highest BCUT2D eigenvalue weighted by molar-refractivity contribution is 5.92. The molecule has 0 N–H and O–H groups in total. The predicted molar refractivity (Wildman–Crippen MR) is 134 cm³/mol. The maximum Gasteiger partial charge on any atom is 0.224 e. The van der Waals surface area contributed by atoms with Crippen LogP contribution in [0.1, 0.15) is 36.5 Å². The van der Waals surface area contributed by atoms with Gasteiger partial charge in [0.25, 0.3) is 0 Å². The van der Waals surface area contributed by atoms with Crippen LogP contribution in [0.4, 0.5) is 5.69 Å². The van der Waals surface area contributed by atoms with E-state index in [9.17, 15) is 4.79 Å². The number of fused-ring (bicyclic) bond motifs is 2. The molecule has 2 aliphatic heterocycles. The third-order valence-corrected chi connectivity index (χ3v) is 6.92. The molecule has 0 bridgehead atoms. The van der Waals surface area contributed by atoms with Crippen molar-refractivity contribution in [1.82, 2.24) is 4.90 Å². The van der Waals surface area contributed by atoms with E-state index >= 15 is 0 Å². The summed E-state index contributed by atoms with van der Waals surface area (Å²) < 4.78 is 5.97. The number of hydrogen-bond acceptors (Lipinski definition) is 3. The molecule has 0 aromatic heterocycles. The van der Waals surface area contributed by atoms with Gasteiger partial charge in [0, 0.05) is 19.2 Å². The molecule has 33 heavy (non-hydrogen) atoms. The van der Waals surface area contributed by atoms with Gasteiger partial charge in [-0.1, -0.05) is 48.5 Å². The Morgan fingerprint density at radius 2 is 1.58 bits per heavy atom. The number of aryl methyl sites for hydroxylation is 2. The predicted octanol–water partition coefficient (Wildman–Crippen LogP) is 5.48. The molecular weight excluding hydrogens is 408 g/mol. The van der Waals surface area contributed by atoms with Crippen molar-refractivity contribution in [3.8, 4) is 16.9 Å². The summed E-state index contributed by atoms with van der Waals surface area (Å²) in [4.78, 5) is 16.8. The van der Waals surface area contributed by atoms with Crippen LogP contribution in [0.25, 0.3) is 11.1 Å². The zero-order valence-corrected chi connectivity index (χ0v) is 19.4. The van der Waals surface area contributed by atoms with E-state index in [4.69, 9.17) is 4.74 Å². The molecule has 4 nitrogen and oxygen atoms in total. The Balaban J connectivity index is 1.31. The first kappa shape index (κ1) is 21.7. The van der Waals surface area contributed by atoms with Crippen LogP contribution in [0, 0.1) is 0 Å². The second-order valence-electron chi connectivity index (χ2n) is 9.14. The molecule has 2 heterocycles. The van der Waals surface area contributed by atoms with E-state index in [2.05, 4.69) is 65.6 Å². The molecule has 1 saturated heterocycles. The summed E-state index contributed by atoms with van der Waals surface area (Å²) >= 11 is 0. The number of hydrogen-bond donors (Lipinski definition) is 0. The highest BCUT2D eigenvalue weighted by Gasteiger charge is 2.20. The van der Waals surface area contributed by atoms with E-state index in [1.54, 1.807) is 6.92 Å². The monoisotopic (exact) mass is 440 g/mol. The van der Waals surface area contributed by atoms with Gasteiger partial charge >= 0.3 is 0 Å². The fourth-order valence-electron chi connectivity index (χ4n) is 5.03. The number of benzene rings is 3. The van der Waals surface area contributed by atoms with Gasteiger partial charge < -0.3 is 9.64 Å². The summed E-state index contributed by atoms with van der Waals surface area (Å²) in [6.07, 6.45) is 4.54. The van der Waals surface area contributed by atoms with Crippen LogP contribution in [0.2, 0.25) is 0 Å². The number of amides is 1. The molecule has 3 aromatic rings. The van der Waals surface area contributed by atoms with Crippen LogP contribution < -0.4 is 9.64 Å². The van der Waals surface area contributed by atoms with Crippen molar-refractivity contribution in [2.75, 3.05) is 31.1 Å². The number of para-hydroxylation sites is 1. The fourth-order valence-corrected chi connectivity index (χ4v) is 5.03. The smallest absolute Gasteiger partial charge is 0.224 e. The zero-order chi connectivity index (χ0) is 22.6. The molecule has 170 valence electrons. The maximum absolute atomic E-state index is 12.4. The Bertz CT molecular complexity index is 1120. The van der Waals surface area contributed by atoms with Crippen LogP contribution in [0.5, 0.6) is 5.75 Å². The molecule has 0 spiro atoms. The minimum absolute atomic E-state index is 0.0831. The van der Waals surface area contributed by atoms with Crippen molar-refractivity contribution in [2.45, 2.75) is 39.2 Å². The highest BCUT2D eigenvalue weighted by atomic mass is 16.5. The molecule has 5 rings (SSSR count). The molecule has 0 atom stereocenters. The van der Waals surface area contributed by atoms with Gasteiger partial charge in [0.15, 0.2) is 0 Å². The molecule has 2 aliphatic rings. The molecule has 0 aliphatic carbocycles. The number of carbonyl (C=O) groups excluding carboxylic acids is 1. The third kappa shape index (κ3) is 4.96. The van der Waals surface area contributed by atoms with Crippen LogP contribution in [0.3, 0.4) is 0 Å². The number of nitrogens with zero attached hydrogens (tertiary/aromatic N) is 2. The van der Waals surface area contributed by atoms with Crippen molar-refractivity contribution in [2.24, 2.45) is 0 Å². The molecular formula is C29H32N2O2. The van der Waals surface area contributed by atoms with Crippen molar-refractivity contribution < 1.29 is 9.53 Å². The van der Waals surface area contributed by atoms with Gasteiger partial charge in [0.1, 0.15) is 12.4 Å². The van der Waals surface area contributed by atoms with Crippen LogP contribution in [0.15, 0.2) is 66.7 Å². The normalized spacial score (nSPS) is 16.0. The topological polar surface area (TPSA) is 32.8 Å². The minimum Gasteiger partial charge on any atom is -0.492 e. The molecule has 0 unspecified atom stereocenters. The summed E-state index contributed by atoms with van der Waals surface area (Å²) in [5, 5.41) is 0. The van der Waals surface area contributed by atoms with Gasteiger partial charge in [-0.15, -0.1) is 0 Å². The van der Waals surface area contributed by atoms with E-state index in [0.717, 1.165) is 37.4 Å². The van der Waals surface area contributed by atoms with Crippen molar-refractivity contribution in [3.63, 3.8) is 0 Å². The SMILES string of the molecule is CC(=O)N1Cc2ccc(-c3ccc(OCCN4CCCC4)cc3)cc2CCc2ccccc21. The first-order chi connectivity index (χ1) is 16.2. The third-order valence-electron chi connectivity index (χ3n) is 6.92. The summed E-state index contributed by atoms with van der Waals surface area (Å²) in [6, 6.07) is 23.4. The van der Waals surface area contributed by atoms with Crippen LogP contribution in [-0.2, 0) is 24.2 Å². The molecule has 4 heteroatoms. The van der Waals surface area contributed by atoms with E-state index in [0.29, 0.717) is 6.54 Å². The summed E-state index contributed by atoms with van der Waals surface area (Å²) in [6.45, 7) is 6.43. The van der Waals surface area contributed by atoms with Crippen LogP contribution in [-0.4, -0.2) is 37.0 Å². The summed E-state index contributed by atoms with van der Waals surface area (Å²) in [5.74, 6) is 1.01. The Labute approximate surface area is 196 Å². The zero-order valence-electron chi connectivity index (χ0n) is 19.4. The molecule has 1 amide bonds. The number of likely N-dealkylation sites (tertiary alicyclic amines) is 1. The maximum atomic E-state index is 12.4. The Kier molecular flexibility index (Phi) is 6.45. The van der Waals surface area contributed by atoms with E-state index in [1.807, 2.05) is 11.0 Å². The Morgan fingerprint density at radius 3 is 2.36 bits per heavy atom. The highest BCUT2D eigenvalue weighted by Crippen LogP contribution is 2.31. The van der Waals surface area contributed by atoms with Crippen molar-refractivity contribution in [1.29, 1.82) is 0 Å². The lowest BCUT2D eigenvalue weighted by Gasteiger charge is -2.28. The van der Waals surface area contributed by atoms with E-state index < -0.39 is 0 Å². The molecule has 0 radical (unpaired) electrons. The standard InChI is InChI=1S/C29H32N2O2/c1-22(32)31-21-27-11-10-25(20-26(27)9-8-24-6-2-3-7-29(24)31)23-12-14-28(15-13-23)33-19-18-30-16-4-5-17-30/h2-3,6-7,10-15,20H,4-5,8-9,16-19,21H2,1H3. The van der Waals surface area contributed by atoms with Gasteiger partial charge in [-0.25, -0.2) is 0 Å². The van der Waals surface area contributed by atoms with E-state index in [1.165, 1.54) is 53.7 Å².